The lowest BCUT2D eigenvalue weighted by Crippen LogP contribution is -2.32. The lowest BCUT2D eigenvalue weighted by atomic mass is 9.98. The van der Waals surface area contributed by atoms with Crippen LogP contribution >= 0.6 is 0 Å². The average molecular weight is 1150 g/mol. The van der Waals surface area contributed by atoms with E-state index in [9.17, 15) is 29.1 Å². The minimum Gasteiger partial charge on any atom is -0.507 e. The molecule has 8 aromatic carbocycles. The molecule has 5 N–H and O–H groups in total. The summed E-state index contributed by atoms with van der Waals surface area (Å²) in [6.45, 7) is 6.78. The van der Waals surface area contributed by atoms with Crippen molar-refractivity contribution in [2.45, 2.75) is 45.7 Å². The number of nitrogens with one attached hydrogen (secondary N) is 4. The van der Waals surface area contributed by atoms with Crippen LogP contribution in [0.25, 0.3) is 0 Å². The SMILES string of the molecule is COc1cc2c(cc1OC)CN(CCc1ccc(NC(=O)c3ccccc3NC(=O)c3ccccc3O)cc1)CC2.COc1cc2c(cc1OC)CN(CCc1ccc(NC(=O)c3ccccc3NC(=O)c3ccccc3OC(C)=O)cc1)CC2. The van der Waals surface area contributed by atoms with Crippen molar-refractivity contribution >= 4 is 52.3 Å². The molecule has 0 saturated carbocycles. The van der Waals surface area contributed by atoms with E-state index in [2.05, 4.69) is 55.3 Å². The molecule has 0 bridgehead atoms. The van der Waals surface area contributed by atoms with Crippen LogP contribution in [0.2, 0.25) is 0 Å². The number of esters is 1. The molecule has 85 heavy (non-hydrogen) atoms. The number of ether oxygens (including phenoxy) is 5. The van der Waals surface area contributed by atoms with Gasteiger partial charge in [-0.25, -0.2) is 0 Å². The first-order valence-electron chi connectivity index (χ1n) is 27.9. The zero-order valence-corrected chi connectivity index (χ0v) is 48.2. The summed E-state index contributed by atoms with van der Waals surface area (Å²) in [5, 5.41) is 21.3. The first kappa shape index (κ1) is 59.6. The van der Waals surface area contributed by atoms with Gasteiger partial charge in [-0.05, 0) is 156 Å². The van der Waals surface area contributed by atoms with Gasteiger partial charge in [0.15, 0.2) is 23.0 Å². The number of phenolic OH excluding ortho intramolecular Hbond substituents is 1. The topological polar surface area (TPSA) is 206 Å². The molecule has 8 aromatic rings. The largest absolute Gasteiger partial charge is 0.507 e. The molecule has 0 aromatic heterocycles. The number of amides is 4. The average Bonchev–Trinajstić information content (AvgIpc) is 3.70. The molecule has 10 rings (SSSR count). The van der Waals surface area contributed by atoms with Crippen molar-refractivity contribution < 1.29 is 52.8 Å². The highest BCUT2D eigenvalue weighted by atomic mass is 16.5. The standard InChI is InChI=1S/C35H35N3O6.C33H33N3O5/c1-23(39)44-31-11-7-5-9-29(31)35(41)37-30-10-6-4-8-28(30)34(40)36-27-14-12-24(13-15-27)16-18-38-19-17-25-20-32(42-2)33(43-3)21-26(25)22-38;1-40-30-19-23-16-18-36(21-24(23)20-31(30)41-2)17-15-22-11-13-25(14-12-22)34-32(38)26-7-3-5-9-28(26)35-33(39)27-8-4-6-10-29(27)37/h4-15,20-21H,16-19,22H2,1-3H3,(H,36,40)(H,37,41);3-14,19-20,37H,15-18,21H2,1-2H3,(H,34,38)(H,35,39). The molecule has 4 amide bonds. The molecule has 0 saturated heterocycles. The number of benzene rings is 8. The van der Waals surface area contributed by atoms with Crippen LogP contribution in [-0.4, -0.2) is 99.1 Å². The highest BCUT2D eigenvalue weighted by molar-refractivity contribution is 6.14. The van der Waals surface area contributed by atoms with E-state index >= 15 is 0 Å². The molecular formula is C68H68N6O11. The van der Waals surface area contributed by atoms with Crippen LogP contribution in [0, 0.1) is 0 Å². The first-order chi connectivity index (χ1) is 41.3. The van der Waals surface area contributed by atoms with Crippen molar-refractivity contribution in [2.24, 2.45) is 0 Å². The third-order valence-electron chi connectivity index (χ3n) is 14.8. The Morgan fingerprint density at radius 1 is 0.424 bits per heavy atom. The van der Waals surface area contributed by atoms with E-state index in [4.69, 9.17) is 23.7 Å². The summed E-state index contributed by atoms with van der Waals surface area (Å²) in [6, 6.07) is 50.1. The summed E-state index contributed by atoms with van der Waals surface area (Å²) in [4.78, 5) is 68.3. The van der Waals surface area contributed by atoms with Gasteiger partial charge < -0.3 is 50.1 Å². The van der Waals surface area contributed by atoms with Crippen molar-refractivity contribution in [3.05, 3.63) is 225 Å². The van der Waals surface area contributed by atoms with E-state index in [0.717, 1.165) is 87.9 Å². The van der Waals surface area contributed by atoms with Crippen LogP contribution < -0.4 is 45.0 Å². The maximum atomic E-state index is 13.2. The molecule has 17 heteroatoms. The third kappa shape index (κ3) is 15.4. The number of carbonyl (C=O) groups is 5. The number of nitrogens with zero attached hydrogens (tertiary/aromatic N) is 2. The molecule has 0 aliphatic carbocycles. The van der Waals surface area contributed by atoms with Gasteiger partial charge in [-0.15, -0.1) is 0 Å². The fourth-order valence-corrected chi connectivity index (χ4v) is 10.3. The maximum absolute atomic E-state index is 13.2. The number of hydrogen-bond donors (Lipinski definition) is 5. The number of phenols is 1. The predicted octanol–water partition coefficient (Wildman–Crippen LogP) is 11.2. The molecule has 0 fully saturated rings. The second kappa shape index (κ2) is 28.3. The molecule has 17 nitrogen and oxygen atoms in total. The summed E-state index contributed by atoms with van der Waals surface area (Å²) in [7, 11) is 6.63. The lowest BCUT2D eigenvalue weighted by molar-refractivity contribution is -0.131. The molecule has 0 radical (unpaired) electrons. The van der Waals surface area contributed by atoms with E-state index in [1.807, 2.05) is 48.5 Å². The van der Waals surface area contributed by atoms with Crippen molar-refractivity contribution in [3.8, 4) is 34.5 Å². The van der Waals surface area contributed by atoms with E-state index in [-0.39, 0.29) is 34.4 Å². The van der Waals surface area contributed by atoms with Gasteiger partial charge in [0.2, 0.25) is 0 Å². The van der Waals surface area contributed by atoms with Gasteiger partial charge >= 0.3 is 5.97 Å². The fourth-order valence-electron chi connectivity index (χ4n) is 10.3. The van der Waals surface area contributed by atoms with E-state index in [1.165, 1.54) is 52.4 Å². The Labute approximate surface area is 494 Å². The van der Waals surface area contributed by atoms with Gasteiger partial charge in [-0.3, -0.25) is 33.8 Å². The van der Waals surface area contributed by atoms with Gasteiger partial charge in [0, 0.05) is 57.6 Å². The Hall–Kier alpha value is -9.97. The molecule has 2 aliphatic heterocycles. The second-order valence-electron chi connectivity index (χ2n) is 20.4. The predicted molar refractivity (Wildman–Crippen MR) is 328 cm³/mol. The normalized spacial score (nSPS) is 12.6. The van der Waals surface area contributed by atoms with Crippen molar-refractivity contribution in [1.82, 2.24) is 9.80 Å². The molecule has 0 spiro atoms. The summed E-state index contributed by atoms with van der Waals surface area (Å²) >= 11 is 0. The molecule has 0 unspecified atom stereocenters. The van der Waals surface area contributed by atoms with Gasteiger partial charge in [-0.1, -0.05) is 72.8 Å². The Bertz CT molecular complexity index is 3700. The van der Waals surface area contributed by atoms with Crippen LogP contribution in [0.3, 0.4) is 0 Å². The number of methoxy groups -OCH3 is 4. The fraction of sp³-hybridized carbons (Fsp3) is 0.221. The minimum atomic E-state index is -0.532. The number of hydrogen-bond acceptors (Lipinski definition) is 13. The van der Waals surface area contributed by atoms with Gasteiger partial charge in [0.05, 0.1) is 62.1 Å². The summed E-state index contributed by atoms with van der Waals surface area (Å²) in [5.41, 5.74) is 10.4. The van der Waals surface area contributed by atoms with Crippen molar-refractivity contribution in [2.75, 3.05) is 75.9 Å². The zero-order valence-electron chi connectivity index (χ0n) is 48.2. The zero-order chi connectivity index (χ0) is 59.8. The van der Waals surface area contributed by atoms with Crippen LogP contribution in [0.4, 0.5) is 22.7 Å². The van der Waals surface area contributed by atoms with Crippen molar-refractivity contribution in [3.63, 3.8) is 0 Å². The molecule has 436 valence electrons. The minimum absolute atomic E-state index is 0.127. The van der Waals surface area contributed by atoms with Gasteiger partial charge in [0.1, 0.15) is 11.5 Å². The molecule has 2 aliphatic rings. The summed E-state index contributed by atoms with van der Waals surface area (Å²) in [6.07, 6.45) is 3.69. The first-order valence-corrected chi connectivity index (χ1v) is 27.9. The third-order valence-corrected chi connectivity index (χ3v) is 14.8. The van der Waals surface area contributed by atoms with Gasteiger partial charge in [-0.2, -0.15) is 0 Å². The second-order valence-corrected chi connectivity index (χ2v) is 20.4. The smallest absolute Gasteiger partial charge is 0.308 e. The summed E-state index contributed by atoms with van der Waals surface area (Å²) in [5.74, 6) is 0.831. The van der Waals surface area contributed by atoms with Crippen molar-refractivity contribution in [1.29, 1.82) is 0 Å². The van der Waals surface area contributed by atoms with E-state index in [0.29, 0.717) is 33.9 Å². The molecule has 2 heterocycles. The van der Waals surface area contributed by atoms with Crippen LogP contribution in [0.5, 0.6) is 34.5 Å². The molecule has 0 atom stereocenters. The number of aromatic hydroxyl groups is 1. The quantitative estimate of drug-likeness (QED) is 0.0378. The number of rotatable bonds is 19. The lowest BCUT2D eigenvalue weighted by Gasteiger charge is -2.29. The van der Waals surface area contributed by atoms with Crippen LogP contribution in [0.1, 0.15) is 81.7 Å². The summed E-state index contributed by atoms with van der Waals surface area (Å²) < 4.78 is 27.0. The van der Waals surface area contributed by atoms with Crippen LogP contribution in [-0.2, 0) is 43.6 Å². The number of anilines is 4. The van der Waals surface area contributed by atoms with Crippen LogP contribution in [0.15, 0.2) is 170 Å². The van der Waals surface area contributed by atoms with Gasteiger partial charge in [0.25, 0.3) is 23.6 Å². The van der Waals surface area contributed by atoms with E-state index in [1.54, 1.807) is 113 Å². The van der Waals surface area contributed by atoms with E-state index < -0.39 is 17.8 Å². The maximum Gasteiger partial charge on any atom is 0.308 e. The highest BCUT2D eigenvalue weighted by Crippen LogP contribution is 2.35. The Kier molecular flexibility index (Phi) is 19.9. The Morgan fingerprint density at radius 2 is 0.788 bits per heavy atom. The highest BCUT2D eigenvalue weighted by Gasteiger charge is 2.23. The Morgan fingerprint density at radius 3 is 1.21 bits per heavy atom. The molecular weight excluding hydrogens is 1080 g/mol. The number of carbonyl (C=O) groups excluding carboxylic acids is 5. The Balaban J connectivity index is 0.000000204. The number of fused-ring (bicyclic) bond motifs is 2. The monoisotopic (exact) mass is 1140 g/mol. The number of para-hydroxylation sites is 4.